The molecule has 1 aliphatic rings. The number of thioether (sulfide) groups is 1. The Morgan fingerprint density at radius 3 is 2.58 bits per heavy atom. The van der Waals surface area contributed by atoms with Crippen molar-refractivity contribution in [2.24, 2.45) is 0 Å². The standard InChI is InChI=1S/C18H22N2O4S2/c1-3-4-11-24-17(23)13-5-7-14(8-6-13)19-15(21)9-10-20-16(22)12(2)26-18(20)25/h5-8,12H,3-4,9-11H2,1-2H3,(H,19,21). The quantitative estimate of drug-likeness (QED) is 0.414. The van der Waals surface area contributed by atoms with E-state index < -0.39 is 0 Å². The molecule has 8 heteroatoms. The lowest BCUT2D eigenvalue weighted by Gasteiger charge is -2.14. The lowest BCUT2D eigenvalue weighted by molar-refractivity contribution is -0.126. The van der Waals surface area contributed by atoms with Crippen LogP contribution in [0.15, 0.2) is 24.3 Å². The number of nitrogens with one attached hydrogen (secondary N) is 1. The highest BCUT2D eigenvalue weighted by Crippen LogP contribution is 2.26. The van der Waals surface area contributed by atoms with Crippen LogP contribution < -0.4 is 5.32 Å². The molecule has 140 valence electrons. The second-order valence-electron chi connectivity index (χ2n) is 5.88. The predicted molar refractivity (Wildman–Crippen MR) is 106 cm³/mol. The molecular weight excluding hydrogens is 372 g/mol. The van der Waals surface area contributed by atoms with Gasteiger partial charge >= 0.3 is 5.97 Å². The summed E-state index contributed by atoms with van der Waals surface area (Å²) in [6.45, 7) is 4.50. The number of thiocarbonyl (C=S) groups is 1. The van der Waals surface area contributed by atoms with Crippen LogP contribution in [-0.2, 0) is 14.3 Å². The van der Waals surface area contributed by atoms with Crippen molar-refractivity contribution in [1.29, 1.82) is 0 Å². The molecule has 0 bridgehead atoms. The summed E-state index contributed by atoms with van der Waals surface area (Å²) in [6.07, 6.45) is 1.95. The maximum absolute atomic E-state index is 12.1. The Morgan fingerprint density at radius 2 is 2.00 bits per heavy atom. The second kappa shape index (κ2) is 9.68. The molecule has 0 radical (unpaired) electrons. The first-order chi connectivity index (χ1) is 12.4. The fourth-order valence-corrected chi connectivity index (χ4v) is 3.75. The smallest absolute Gasteiger partial charge is 0.338 e. The Hall–Kier alpha value is -1.93. The molecule has 0 saturated carbocycles. The van der Waals surface area contributed by atoms with Gasteiger partial charge in [0.1, 0.15) is 4.32 Å². The van der Waals surface area contributed by atoms with Gasteiger partial charge in [0.15, 0.2) is 0 Å². The number of ether oxygens (including phenoxy) is 1. The molecular formula is C18H22N2O4S2. The molecule has 0 spiro atoms. The molecule has 1 heterocycles. The van der Waals surface area contributed by atoms with Gasteiger partial charge in [-0.05, 0) is 37.6 Å². The number of benzene rings is 1. The summed E-state index contributed by atoms with van der Waals surface area (Å²) in [7, 11) is 0. The van der Waals surface area contributed by atoms with E-state index in [1.807, 2.05) is 6.92 Å². The minimum atomic E-state index is -0.371. The van der Waals surface area contributed by atoms with Gasteiger partial charge in [-0.2, -0.15) is 0 Å². The van der Waals surface area contributed by atoms with Gasteiger partial charge in [-0.3, -0.25) is 14.5 Å². The van der Waals surface area contributed by atoms with E-state index in [1.165, 1.54) is 16.7 Å². The van der Waals surface area contributed by atoms with Gasteiger partial charge in [0.2, 0.25) is 11.8 Å². The van der Waals surface area contributed by atoms with E-state index >= 15 is 0 Å². The number of amides is 2. The summed E-state index contributed by atoms with van der Waals surface area (Å²) in [4.78, 5) is 37.3. The SMILES string of the molecule is CCCCOC(=O)c1ccc(NC(=O)CCN2C(=O)C(C)SC2=S)cc1. The van der Waals surface area contributed by atoms with Gasteiger partial charge < -0.3 is 10.1 Å². The van der Waals surface area contributed by atoms with Crippen molar-refractivity contribution in [3.05, 3.63) is 29.8 Å². The Bertz CT molecular complexity index is 691. The topological polar surface area (TPSA) is 75.7 Å². The Morgan fingerprint density at radius 1 is 1.31 bits per heavy atom. The van der Waals surface area contributed by atoms with E-state index in [2.05, 4.69) is 5.32 Å². The summed E-state index contributed by atoms with van der Waals surface area (Å²) < 4.78 is 5.65. The van der Waals surface area contributed by atoms with Gasteiger partial charge in [0.25, 0.3) is 0 Å². The largest absolute Gasteiger partial charge is 0.462 e. The van der Waals surface area contributed by atoms with Crippen LogP contribution in [0.1, 0.15) is 43.5 Å². The number of hydrogen-bond acceptors (Lipinski definition) is 6. The molecule has 1 N–H and O–H groups in total. The summed E-state index contributed by atoms with van der Waals surface area (Å²) in [5, 5.41) is 2.56. The van der Waals surface area contributed by atoms with Gasteiger partial charge in [0, 0.05) is 18.7 Å². The molecule has 6 nitrogen and oxygen atoms in total. The third-order valence-corrected chi connectivity index (χ3v) is 5.30. The zero-order valence-electron chi connectivity index (χ0n) is 14.8. The molecule has 0 aliphatic carbocycles. The third kappa shape index (κ3) is 5.54. The van der Waals surface area contributed by atoms with Crippen LogP contribution in [0.25, 0.3) is 0 Å². The molecule has 0 aromatic heterocycles. The van der Waals surface area contributed by atoms with Crippen LogP contribution in [0.5, 0.6) is 0 Å². The molecule has 1 aromatic rings. The van der Waals surface area contributed by atoms with Gasteiger partial charge in [-0.15, -0.1) is 0 Å². The van der Waals surface area contributed by atoms with Crippen LogP contribution in [-0.4, -0.2) is 45.4 Å². The lowest BCUT2D eigenvalue weighted by Crippen LogP contribution is -2.33. The minimum Gasteiger partial charge on any atom is -0.462 e. The first kappa shape index (κ1) is 20.4. The van der Waals surface area contributed by atoms with E-state index in [0.717, 1.165) is 12.8 Å². The number of nitrogens with zero attached hydrogens (tertiary/aromatic N) is 1. The van der Waals surface area contributed by atoms with Gasteiger partial charge in [-0.25, -0.2) is 4.79 Å². The molecule has 2 rings (SSSR count). The molecule has 1 unspecified atom stereocenters. The molecule has 1 atom stereocenters. The maximum atomic E-state index is 12.1. The van der Waals surface area contributed by atoms with E-state index in [0.29, 0.717) is 22.2 Å². The Kier molecular flexibility index (Phi) is 7.59. The number of carbonyl (C=O) groups excluding carboxylic acids is 3. The Labute approximate surface area is 162 Å². The highest BCUT2D eigenvalue weighted by molar-refractivity contribution is 8.24. The normalized spacial score (nSPS) is 16.7. The molecule has 1 aromatic carbocycles. The fraction of sp³-hybridized carbons (Fsp3) is 0.444. The van der Waals surface area contributed by atoms with Crippen molar-refractivity contribution in [2.75, 3.05) is 18.5 Å². The third-order valence-electron chi connectivity index (χ3n) is 3.81. The molecule has 1 fully saturated rings. The first-order valence-electron chi connectivity index (χ1n) is 8.51. The molecule has 26 heavy (non-hydrogen) atoms. The van der Waals surface area contributed by atoms with Crippen molar-refractivity contribution >= 4 is 51.8 Å². The van der Waals surface area contributed by atoms with Crippen LogP contribution in [0, 0.1) is 0 Å². The number of esters is 1. The van der Waals surface area contributed by atoms with Crippen LogP contribution in [0.4, 0.5) is 5.69 Å². The summed E-state index contributed by atoms with van der Waals surface area (Å²) in [5.74, 6) is -0.647. The number of anilines is 1. The monoisotopic (exact) mass is 394 g/mol. The number of carbonyl (C=O) groups is 3. The zero-order chi connectivity index (χ0) is 19.1. The minimum absolute atomic E-state index is 0.0567. The lowest BCUT2D eigenvalue weighted by atomic mass is 10.2. The first-order valence-corrected chi connectivity index (χ1v) is 9.80. The van der Waals surface area contributed by atoms with Crippen molar-refractivity contribution < 1.29 is 19.1 Å². The average molecular weight is 395 g/mol. The second-order valence-corrected chi connectivity index (χ2v) is 7.86. The van der Waals surface area contributed by atoms with E-state index in [9.17, 15) is 14.4 Å². The van der Waals surface area contributed by atoms with E-state index in [-0.39, 0.29) is 36.0 Å². The van der Waals surface area contributed by atoms with Gasteiger partial charge in [0.05, 0.1) is 17.4 Å². The molecule has 1 saturated heterocycles. The average Bonchev–Trinajstić information content (AvgIpc) is 2.86. The van der Waals surface area contributed by atoms with Gasteiger partial charge in [-0.1, -0.05) is 37.3 Å². The number of unbranched alkanes of at least 4 members (excludes halogenated alkanes) is 1. The Balaban J connectivity index is 1.81. The highest BCUT2D eigenvalue weighted by Gasteiger charge is 2.33. The molecule has 2 amide bonds. The van der Waals surface area contributed by atoms with Crippen molar-refractivity contribution in [2.45, 2.75) is 38.4 Å². The fourth-order valence-electron chi connectivity index (χ4n) is 2.30. The number of hydrogen-bond donors (Lipinski definition) is 1. The summed E-state index contributed by atoms with van der Waals surface area (Å²) >= 11 is 6.48. The number of rotatable bonds is 8. The van der Waals surface area contributed by atoms with Crippen molar-refractivity contribution in [3.63, 3.8) is 0 Å². The van der Waals surface area contributed by atoms with Crippen LogP contribution >= 0.6 is 24.0 Å². The zero-order valence-corrected chi connectivity index (χ0v) is 16.5. The predicted octanol–water partition coefficient (Wildman–Crippen LogP) is 3.22. The van der Waals surface area contributed by atoms with E-state index in [4.69, 9.17) is 17.0 Å². The van der Waals surface area contributed by atoms with E-state index in [1.54, 1.807) is 31.2 Å². The summed E-state index contributed by atoms with van der Waals surface area (Å²) in [6, 6.07) is 6.53. The van der Waals surface area contributed by atoms with Crippen molar-refractivity contribution in [3.8, 4) is 0 Å². The highest BCUT2D eigenvalue weighted by atomic mass is 32.2. The van der Waals surface area contributed by atoms with Crippen LogP contribution in [0.2, 0.25) is 0 Å². The van der Waals surface area contributed by atoms with Crippen molar-refractivity contribution in [1.82, 2.24) is 4.90 Å². The maximum Gasteiger partial charge on any atom is 0.338 e. The summed E-state index contributed by atoms with van der Waals surface area (Å²) in [5.41, 5.74) is 1.02. The molecule has 1 aliphatic heterocycles. The van der Waals surface area contributed by atoms with Crippen LogP contribution in [0.3, 0.4) is 0 Å².